The number of ether oxygens (including phenoxy) is 2. The van der Waals surface area contributed by atoms with E-state index in [-0.39, 0.29) is 29.3 Å². The van der Waals surface area contributed by atoms with Crippen LogP contribution in [0.4, 0.5) is 0 Å². The van der Waals surface area contributed by atoms with Gasteiger partial charge in [-0.3, -0.25) is 0 Å². The minimum Gasteiger partial charge on any atom is -0.404 e. The Labute approximate surface area is 187 Å². The molecule has 0 spiro atoms. The number of fused-ring (bicyclic) bond motifs is 1. The molecule has 5 heteroatoms. The highest BCUT2D eigenvalue weighted by Crippen LogP contribution is 2.47. The summed E-state index contributed by atoms with van der Waals surface area (Å²) in [5.74, 6) is -0.621. The Morgan fingerprint density at radius 2 is 1.55 bits per heavy atom. The van der Waals surface area contributed by atoms with E-state index < -0.39 is 14.1 Å². The summed E-state index contributed by atoms with van der Waals surface area (Å²) in [5, 5.41) is 2.38. The first kappa shape index (κ1) is 22.4. The van der Waals surface area contributed by atoms with Gasteiger partial charge >= 0.3 is 0 Å². The standard InChI is InChI=1S/C26H34O4Si/c1-25(2,3)31(19-12-8-6-9-13-19,20-14-10-7-11-15-20)30-22-18-23-24(21(22)16-17-27)29-26(4,5)28-23/h6-15,17,21-24H,16,18H2,1-5H3/t21-,22+,23+,24-/m0/s1. The third kappa shape index (κ3) is 4.04. The van der Waals surface area contributed by atoms with Crippen LogP contribution in [0.5, 0.6) is 0 Å². The summed E-state index contributed by atoms with van der Waals surface area (Å²) in [6, 6.07) is 21.3. The van der Waals surface area contributed by atoms with Crippen LogP contribution in [-0.4, -0.2) is 38.7 Å². The molecule has 0 aromatic heterocycles. The largest absolute Gasteiger partial charge is 0.404 e. The van der Waals surface area contributed by atoms with Crippen molar-refractivity contribution in [1.82, 2.24) is 0 Å². The number of benzene rings is 2. The Balaban J connectivity index is 1.79. The average molecular weight is 439 g/mol. The molecule has 1 saturated heterocycles. The molecule has 1 heterocycles. The topological polar surface area (TPSA) is 44.8 Å². The van der Waals surface area contributed by atoms with Gasteiger partial charge in [-0.05, 0) is 29.3 Å². The van der Waals surface area contributed by atoms with E-state index in [1.165, 1.54) is 10.4 Å². The lowest BCUT2D eigenvalue weighted by atomic mass is 10.0. The summed E-state index contributed by atoms with van der Waals surface area (Å²) in [6.45, 7) is 10.7. The van der Waals surface area contributed by atoms with Crippen molar-refractivity contribution in [3.05, 3.63) is 60.7 Å². The smallest absolute Gasteiger partial charge is 0.261 e. The first-order chi connectivity index (χ1) is 14.7. The molecule has 31 heavy (non-hydrogen) atoms. The van der Waals surface area contributed by atoms with Gasteiger partial charge in [-0.1, -0.05) is 81.4 Å². The highest BCUT2D eigenvalue weighted by molar-refractivity contribution is 6.99. The molecule has 2 fully saturated rings. The Morgan fingerprint density at radius 1 is 1.00 bits per heavy atom. The normalized spacial score (nSPS) is 27.8. The van der Waals surface area contributed by atoms with Crippen LogP contribution in [0.15, 0.2) is 60.7 Å². The Bertz CT molecular complexity index is 851. The summed E-state index contributed by atoms with van der Waals surface area (Å²) >= 11 is 0. The molecule has 1 saturated carbocycles. The zero-order chi connectivity index (χ0) is 22.3. The third-order valence-corrected chi connectivity index (χ3v) is 11.8. The highest BCUT2D eigenvalue weighted by atomic mass is 28.4. The number of carbonyl (C=O) groups excluding carboxylic acids is 1. The van der Waals surface area contributed by atoms with Crippen LogP contribution in [0.25, 0.3) is 0 Å². The van der Waals surface area contributed by atoms with Gasteiger partial charge in [0.15, 0.2) is 5.79 Å². The quantitative estimate of drug-likeness (QED) is 0.504. The maximum absolute atomic E-state index is 11.6. The van der Waals surface area contributed by atoms with E-state index in [1.54, 1.807) is 0 Å². The Kier molecular flexibility index (Phi) is 5.99. The van der Waals surface area contributed by atoms with Crippen molar-refractivity contribution in [3.8, 4) is 0 Å². The second-order valence-corrected chi connectivity index (χ2v) is 14.5. The van der Waals surface area contributed by atoms with Gasteiger partial charge in [0.2, 0.25) is 0 Å². The minimum absolute atomic E-state index is 0.00840. The molecule has 1 aliphatic heterocycles. The van der Waals surface area contributed by atoms with Crippen LogP contribution in [0.3, 0.4) is 0 Å². The van der Waals surface area contributed by atoms with Gasteiger partial charge in [-0.2, -0.15) is 0 Å². The van der Waals surface area contributed by atoms with Crippen LogP contribution in [-0.2, 0) is 18.7 Å². The number of aldehydes is 1. The maximum Gasteiger partial charge on any atom is 0.261 e. The van der Waals surface area contributed by atoms with E-state index in [0.29, 0.717) is 6.42 Å². The summed E-state index contributed by atoms with van der Waals surface area (Å²) in [4.78, 5) is 11.6. The zero-order valence-electron chi connectivity index (χ0n) is 19.2. The predicted octanol–water partition coefficient (Wildman–Crippen LogP) is 4.06. The van der Waals surface area contributed by atoms with Gasteiger partial charge in [-0.25, -0.2) is 0 Å². The van der Waals surface area contributed by atoms with Crippen molar-refractivity contribution in [2.75, 3.05) is 0 Å². The van der Waals surface area contributed by atoms with Gasteiger partial charge in [0.1, 0.15) is 6.29 Å². The van der Waals surface area contributed by atoms with Crippen molar-refractivity contribution >= 4 is 25.0 Å². The SMILES string of the molecule is CC1(C)O[C@H]2[C@@H](CC=O)[C@H](O[Si](c3ccccc3)(c3ccccc3)C(C)(C)C)C[C@H]2O1. The fourth-order valence-electron chi connectivity index (χ4n) is 5.47. The minimum atomic E-state index is -2.70. The summed E-state index contributed by atoms with van der Waals surface area (Å²) in [7, 11) is -2.70. The molecule has 4 atom stereocenters. The lowest BCUT2D eigenvalue weighted by Crippen LogP contribution is -2.68. The van der Waals surface area contributed by atoms with E-state index in [4.69, 9.17) is 13.9 Å². The van der Waals surface area contributed by atoms with Gasteiger partial charge in [-0.15, -0.1) is 0 Å². The number of rotatable bonds is 6. The number of hydrogen-bond acceptors (Lipinski definition) is 4. The second kappa shape index (κ2) is 8.28. The first-order valence-corrected chi connectivity index (χ1v) is 13.2. The second-order valence-electron chi connectivity index (χ2n) is 10.3. The molecule has 0 unspecified atom stereocenters. The average Bonchev–Trinajstić information content (AvgIpc) is 3.18. The lowest BCUT2D eigenvalue weighted by Gasteiger charge is -2.45. The van der Waals surface area contributed by atoms with E-state index in [9.17, 15) is 4.79 Å². The van der Waals surface area contributed by atoms with Crippen molar-refractivity contribution in [1.29, 1.82) is 0 Å². The molecular weight excluding hydrogens is 404 g/mol. The molecule has 2 aromatic rings. The van der Waals surface area contributed by atoms with E-state index >= 15 is 0 Å². The van der Waals surface area contributed by atoms with Crippen molar-refractivity contribution in [2.45, 2.75) is 76.6 Å². The molecule has 0 radical (unpaired) electrons. The zero-order valence-corrected chi connectivity index (χ0v) is 20.2. The van der Waals surface area contributed by atoms with Crippen LogP contribution < -0.4 is 10.4 Å². The molecule has 2 aliphatic rings. The maximum atomic E-state index is 11.6. The Morgan fingerprint density at radius 3 is 2.03 bits per heavy atom. The van der Waals surface area contributed by atoms with Gasteiger partial charge in [0.05, 0.1) is 18.3 Å². The van der Waals surface area contributed by atoms with E-state index in [1.807, 2.05) is 13.8 Å². The molecule has 0 N–H and O–H groups in total. The van der Waals surface area contributed by atoms with Crippen LogP contribution in [0.2, 0.25) is 5.04 Å². The van der Waals surface area contributed by atoms with Crippen molar-refractivity contribution < 1.29 is 18.7 Å². The summed E-state index contributed by atoms with van der Waals surface area (Å²) in [6.07, 6.45) is 1.93. The third-order valence-electron chi connectivity index (χ3n) is 6.70. The summed E-state index contributed by atoms with van der Waals surface area (Å²) < 4.78 is 19.7. The van der Waals surface area contributed by atoms with Crippen LogP contribution >= 0.6 is 0 Å². The molecular formula is C26H34O4Si. The fraction of sp³-hybridized carbons (Fsp3) is 0.500. The molecule has 0 bridgehead atoms. The van der Waals surface area contributed by atoms with Crippen LogP contribution in [0, 0.1) is 5.92 Å². The highest BCUT2D eigenvalue weighted by Gasteiger charge is 2.58. The molecule has 166 valence electrons. The first-order valence-electron chi connectivity index (χ1n) is 11.3. The Hall–Kier alpha value is -1.79. The van der Waals surface area contributed by atoms with Gasteiger partial charge < -0.3 is 18.7 Å². The predicted molar refractivity (Wildman–Crippen MR) is 125 cm³/mol. The monoisotopic (exact) mass is 438 g/mol. The molecule has 0 amide bonds. The molecule has 4 rings (SSSR count). The molecule has 4 nitrogen and oxygen atoms in total. The van der Waals surface area contributed by atoms with Crippen molar-refractivity contribution in [2.24, 2.45) is 5.92 Å². The van der Waals surface area contributed by atoms with Gasteiger partial charge in [0.25, 0.3) is 8.32 Å². The number of carbonyl (C=O) groups is 1. The van der Waals surface area contributed by atoms with E-state index in [0.717, 1.165) is 12.7 Å². The summed E-state index contributed by atoms with van der Waals surface area (Å²) in [5.41, 5.74) is 0. The van der Waals surface area contributed by atoms with Crippen LogP contribution in [0.1, 0.15) is 47.5 Å². The number of hydrogen-bond donors (Lipinski definition) is 0. The fourth-order valence-corrected chi connectivity index (χ4v) is 10.2. The molecule has 2 aromatic carbocycles. The van der Waals surface area contributed by atoms with E-state index in [2.05, 4.69) is 81.4 Å². The molecule has 1 aliphatic carbocycles. The van der Waals surface area contributed by atoms with Gasteiger partial charge in [0, 0.05) is 18.8 Å². The van der Waals surface area contributed by atoms with Crippen molar-refractivity contribution in [3.63, 3.8) is 0 Å². The lowest BCUT2D eigenvalue weighted by molar-refractivity contribution is -0.164.